The summed E-state index contributed by atoms with van der Waals surface area (Å²) in [5.41, 5.74) is 1.93. The van der Waals surface area contributed by atoms with Crippen molar-refractivity contribution in [2.75, 3.05) is 20.6 Å². The second-order valence-electron chi connectivity index (χ2n) is 7.33. The highest BCUT2D eigenvalue weighted by molar-refractivity contribution is 5.19. The van der Waals surface area contributed by atoms with Crippen molar-refractivity contribution in [3.63, 3.8) is 0 Å². The molecular formula is C18H32N+. The lowest BCUT2D eigenvalue weighted by Crippen LogP contribution is -2.46. The first kappa shape index (κ1) is 16.2. The number of quaternary nitrogens is 1. The third-order valence-electron chi connectivity index (χ3n) is 4.87. The second-order valence-corrected chi connectivity index (χ2v) is 7.33. The molecule has 0 amide bonds. The van der Waals surface area contributed by atoms with E-state index in [9.17, 15) is 0 Å². The number of hydrogen-bond donors (Lipinski definition) is 0. The van der Waals surface area contributed by atoms with Crippen molar-refractivity contribution >= 4 is 0 Å². The molecule has 0 aromatic rings. The van der Waals surface area contributed by atoms with Crippen molar-refractivity contribution in [1.82, 2.24) is 0 Å². The first-order valence-electron chi connectivity index (χ1n) is 7.49. The SMILES string of the molecule is C=CC[N+](C)(C)C(C)/C=C/C1C(C)=CCCC1(C)C. The minimum absolute atomic E-state index is 0.393. The van der Waals surface area contributed by atoms with Gasteiger partial charge in [0.15, 0.2) is 0 Å². The first-order chi connectivity index (χ1) is 8.70. The van der Waals surface area contributed by atoms with Gasteiger partial charge in [-0.2, -0.15) is 0 Å². The molecule has 0 saturated carbocycles. The van der Waals surface area contributed by atoms with Crippen LogP contribution in [-0.4, -0.2) is 31.2 Å². The molecule has 19 heavy (non-hydrogen) atoms. The van der Waals surface area contributed by atoms with E-state index in [4.69, 9.17) is 0 Å². The fourth-order valence-corrected chi connectivity index (χ4v) is 2.99. The number of rotatable bonds is 5. The number of likely N-dealkylation sites (N-methyl/N-ethyl adjacent to an activating group) is 1. The van der Waals surface area contributed by atoms with Gasteiger partial charge in [0.2, 0.25) is 0 Å². The quantitative estimate of drug-likeness (QED) is 0.503. The molecule has 0 heterocycles. The first-order valence-corrected chi connectivity index (χ1v) is 7.49. The molecule has 0 radical (unpaired) electrons. The summed E-state index contributed by atoms with van der Waals surface area (Å²) in [4.78, 5) is 0. The average molecular weight is 262 g/mol. The molecule has 0 fully saturated rings. The minimum atomic E-state index is 0.393. The third-order valence-corrected chi connectivity index (χ3v) is 4.87. The van der Waals surface area contributed by atoms with Crippen LogP contribution in [0, 0.1) is 11.3 Å². The summed E-state index contributed by atoms with van der Waals surface area (Å²) in [5, 5.41) is 0. The van der Waals surface area contributed by atoms with Crippen LogP contribution in [0.5, 0.6) is 0 Å². The standard InChI is InChI=1S/C18H32N/c1-8-14-19(6,7)16(3)11-12-17-15(2)10-9-13-18(17,4)5/h8,10-12,16-17H,1,9,13-14H2,2-7H3/q+1/b12-11+. The van der Waals surface area contributed by atoms with Gasteiger partial charge >= 0.3 is 0 Å². The lowest BCUT2D eigenvalue weighted by Gasteiger charge is -2.38. The monoisotopic (exact) mass is 262 g/mol. The normalized spacial score (nSPS) is 25.2. The molecular weight excluding hydrogens is 230 g/mol. The Morgan fingerprint density at radius 3 is 2.63 bits per heavy atom. The predicted octanol–water partition coefficient (Wildman–Crippen LogP) is 4.58. The molecule has 0 N–H and O–H groups in total. The fraction of sp³-hybridized carbons (Fsp3) is 0.667. The zero-order valence-corrected chi connectivity index (χ0v) is 13.7. The predicted molar refractivity (Wildman–Crippen MR) is 86.0 cm³/mol. The summed E-state index contributed by atoms with van der Waals surface area (Å²) in [6.07, 6.45) is 11.8. The van der Waals surface area contributed by atoms with Gasteiger partial charge in [-0.25, -0.2) is 0 Å². The zero-order valence-electron chi connectivity index (χ0n) is 13.7. The Hall–Kier alpha value is -0.820. The van der Waals surface area contributed by atoms with Gasteiger partial charge in [0.1, 0.15) is 6.04 Å². The molecule has 1 heteroatoms. The maximum Gasteiger partial charge on any atom is 0.105 e. The van der Waals surface area contributed by atoms with Crippen LogP contribution in [0.4, 0.5) is 0 Å². The van der Waals surface area contributed by atoms with Crippen LogP contribution in [0.15, 0.2) is 36.5 Å². The topological polar surface area (TPSA) is 0 Å². The molecule has 1 rings (SSSR count). The lowest BCUT2D eigenvalue weighted by atomic mass is 9.68. The summed E-state index contributed by atoms with van der Waals surface area (Å²) >= 11 is 0. The Kier molecular flexibility index (Phi) is 5.20. The van der Waals surface area contributed by atoms with E-state index in [-0.39, 0.29) is 0 Å². The third kappa shape index (κ3) is 4.07. The largest absolute Gasteiger partial charge is 0.320 e. The zero-order chi connectivity index (χ0) is 14.7. The van der Waals surface area contributed by atoms with Crippen molar-refractivity contribution in [3.05, 3.63) is 36.5 Å². The molecule has 0 aliphatic heterocycles. The second kappa shape index (κ2) is 6.09. The van der Waals surface area contributed by atoms with Crippen molar-refractivity contribution in [3.8, 4) is 0 Å². The van der Waals surface area contributed by atoms with Crippen LogP contribution >= 0.6 is 0 Å². The highest BCUT2D eigenvalue weighted by atomic mass is 15.3. The highest BCUT2D eigenvalue weighted by Crippen LogP contribution is 2.41. The van der Waals surface area contributed by atoms with Crippen molar-refractivity contribution in [1.29, 1.82) is 0 Å². The molecule has 108 valence electrons. The van der Waals surface area contributed by atoms with E-state index in [0.717, 1.165) is 11.0 Å². The van der Waals surface area contributed by atoms with Crippen LogP contribution in [0.1, 0.15) is 40.5 Å². The lowest BCUT2D eigenvalue weighted by molar-refractivity contribution is -0.900. The van der Waals surface area contributed by atoms with E-state index in [1.54, 1.807) is 0 Å². The molecule has 0 aromatic heterocycles. The summed E-state index contributed by atoms with van der Waals surface area (Å²) in [6.45, 7) is 14.2. The Labute approximate surface area is 120 Å². The van der Waals surface area contributed by atoms with E-state index in [0.29, 0.717) is 17.4 Å². The van der Waals surface area contributed by atoms with Gasteiger partial charge in [-0.05, 0) is 44.3 Å². The van der Waals surface area contributed by atoms with Crippen LogP contribution in [-0.2, 0) is 0 Å². The molecule has 0 bridgehead atoms. The van der Waals surface area contributed by atoms with Crippen LogP contribution < -0.4 is 0 Å². The molecule has 0 spiro atoms. The van der Waals surface area contributed by atoms with E-state index in [2.05, 4.69) is 66.6 Å². The van der Waals surface area contributed by atoms with E-state index in [1.807, 2.05) is 6.08 Å². The maximum absolute atomic E-state index is 3.86. The molecule has 1 nitrogen and oxygen atoms in total. The summed E-state index contributed by atoms with van der Waals surface area (Å²) in [6, 6.07) is 0.517. The Balaban J connectivity index is 2.82. The van der Waals surface area contributed by atoms with Crippen molar-refractivity contribution in [2.24, 2.45) is 11.3 Å². The smallest absolute Gasteiger partial charge is 0.105 e. The number of nitrogens with zero attached hydrogens (tertiary/aromatic N) is 1. The van der Waals surface area contributed by atoms with E-state index >= 15 is 0 Å². The van der Waals surface area contributed by atoms with Crippen molar-refractivity contribution in [2.45, 2.75) is 46.6 Å². The van der Waals surface area contributed by atoms with Crippen molar-refractivity contribution < 1.29 is 4.48 Å². The molecule has 0 aromatic carbocycles. The van der Waals surface area contributed by atoms with Crippen LogP contribution in [0.25, 0.3) is 0 Å². The van der Waals surface area contributed by atoms with Gasteiger partial charge in [0.25, 0.3) is 0 Å². The van der Waals surface area contributed by atoms with Crippen LogP contribution in [0.2, 0.25) is 0 Å². The fourth-order valence-electron chi connectivity index (χ4n) is 2.99. The Morgan fingerprint density at radius 1 is 1.47 bits per heavy atom. The van der Waals surface area contributed by atoms with E-state index < -0.39 is 0 Å². The summed E-state index contributed by atoms with van der Waals surface area (Å²) < 4.78 is 0.968. The van der Waals surface area contributed by atoms with Crippen LogP contribution in [0.3, 0.4) is 0 Å². The summed E-state index contributed by atoms with van der Waals surface area (Å²) in [5.74, 6) is 0.590. The molecule has 2 unspecified atom stereocenters. The molecule has 0 saturated heterocycles. The van der Waals surface area contributed by atoms with Gasteiger partial charge in [-0.3, -0.25) is 0 Å². The number of allylic oxidation sites excluding steroid dienone is 3. The van der Waals surface area contributed by atoms with Gasteiger partial charge in [-0.15, -0.1) is 0 Å². The van der Waals surface area contributed by atoms with Gasteiger partial charge in [-0.1, -0.05) is 38.2 Å². The maximum atomic E-state index is 3.86. The van der Waals surface area contributed by atoms with Gasteiger partial charge in [0.05, 0.1) is 20.6 Å². The minimum Gasteiger partial charge on any atom is -0.320 e. The van der Waals surface area contributed by atoms with Gasteiger partial charge < -0.3 is 4.48 Å². The summed E-state index contributed by atoms with van der Waals surface area (Å²) in [7, 11) is 4.54. The number of hydrogen-bond acceptors (Lipinski definition) is 0. The molecule has 2 atom stereocenters. The van der Waals surface area contributed by atoms with E-state index in [1.165, 1.54) is 18.4 Å². The average Bonchev–Trinajstić information content (AvgIpc) is 2.27. The Morgan fingerprint density at radius 2 is 2.11 bits per heavy atom. The molecule has 1 aliphatic rings. The highest BCUT2D eigenvalue weighted by Gasteiger charge is 2.31. The Bertz CT molecular complexity index is 371. The van der Waals surface area contributed by atoms with Gasteiger partial charge in [0, 0.05) is 5.92 Å². The molecule has 1 aliphatic carbocycles.